The van der Waals surface area contributed by atoms with E-state index in [4.69, 9.17) is 4.74 Å². The second-order valence-electron chi connectivity index (χ2n) is 8.42. The average molecular weight is 438 g/mol. The molecule has 8 nitrogen and oxygen atoms in total. The molecule has 1 aromatic carbocycles. The van der Waals surface area contributed by atoms with Crippen LogP contribution < -0.4 is 5.32 Å². The molecular formula is C24H31N5O3. The zero-order valence-electron chi connectivity index (χ0n) is 19.2. The van der Waals surface area contributed by atoms with Gasteiger partial charge in [-0.1, -0.05) is 0 Å². The minimum absolute atomic E-state index is 0.0653. The fraction of sp³-hybridized carbons (Fsp3) is 0.458. The zero-order valence-corrected chi connectivity index (χ0v) is 19.2. The van der Waals surface area contributed by atoms with Gasteiger partial charge < -0.3 is 24.1 Å². The lowest BCUT2D eigenvalue weighted by Crippen LogP contribution is -2.51. The first-order chi connectivity index (χ1) is 15.4. The maximum atomic E-state index is 13.2. The number of aromatic nitrogens is 3. The molecular weight excluding hydrogens is 406 g/mol. The first-order valence-electron chi connectivity index (χ1n) is 11.1. The Kier molecular flexibility index (Phi) is 6.32. The van der Waals surface area contributed by atoms with Crippen LogP contribution in [0.15, 0.2) is 30.6 Å². The van der Waals surface area contributed by atoms with E-state index in [9.17, 15) is 9.59 Å². The van der Waals surface area contributed by atoms with Gasteiger partial charge in [0.15, 0.2) is 6.10 Å². The Morgan fingerprint density at radius 3 is 2.81 bits per heavy atom. The number of hydrogen-bond donors (Lipinski definition) is 1. The van der Waals surface area contributed by atoms with E-state index in [1.807, 2.05) is 38.4 Å². The number of hydrogen-bond acceptors (Lipinski definition) is 4. The number of amides is 2. The van der Waals surface area contributed by atoms with Crippen molar-refractivity contribution < 1.29 is 14.3 Å². The predicted molar refractivity (Wildman–Crippen MR) is 123 cm³/mol. The number of nitrogens with one attached hydrogen (secondary N) is 1. The molecule has 170 valence electrons. The van der Waals surface area contributed by atoms with Crippen molar-refractivity contribution in [1.29, 1.82) is 0 Å². The molecule has 0 bridgehead atoms. The maximum absolute atomic E-state index is 13.2. The summed E-state index contributed by atoms with van der Waals surface area (Å²) in [6.07, 6.45) is 3.86. The largest absolute Gasteiger partial charge is 0.365 e. The fourth-order valence-corrected chi connectivity index (χ4v) is 4.28. The second-order valence-corrected chi connectivity index (χ2v) is 8.42. The molecule has 0 radical (unpaired) electrons. The molecule has 1 N–H and O–H groups in total. The molecule has 1 saturated heterocycles. The minimum atomic E-state index is -0.646. The lowest BCUT2D eigenvalue weighted by molar-refractivity contribution is -0.137. The molecule has 3 heterocycles. The van der Waals surface area contributed by atoms with Crippen LogP contribution in [0.3, 0.4) is 0 Å². The molecule has 1 aliphatic rings. The van der Waals surface area contributed by atoms with E-state index in [0.717, 1.165) is 29.7 Å². The summed E-state index contributed by atoms with van der Waals surface area (Å²) in [5, 5.41) is 4.03. The molecule has 1 unspecified atom stereocenters. The van der Waals surface area contributed by atoms with E-state index in [0.29, 0.717) is 25.3 Å². The molecule has 0 aliphatic carbocycles. The number of carbonyl (C=O) groups is 2. The number of rotatable bonds is 6. The summed E-state index contributed by atoms with van der Waals surface area (Å²) in [5.74, 6) is 0.722. The van der Waals surface area contributed by atoms with Crippen molar-refractivity contribution in [3.05, 3.63) is 53.2 Å². The summed E-state index contributed by atoms with van der Waals surface area (Å²) in [6.45, 7) is 8.55. The van der Waals surface area contributed by atoms with Crippen LogP contribution in [0.2, 0.25) is 0 Å². The Bertz CT molecular complexity index is 1150. The van der Waals surface area contributed by atoms with Gasteiger partial charge in [-0.15, -0.1) is 0 Å². The Hall–Kier alpha value is -3.13. The smallest absolute Gasteiger partial charge is 0.254 e. The lowest BCUT2D eigenvalue weighted by Gasteiger charge is -2.32. The summed E-state index contributed by atoms with van der Waals surface area (Å²) in [7, 11) is 2.04. The van der Waals surface area contributed by atoms with Gasteiger partial charge in [-0.05, 0) is 51.0 Å². The topological polar surface area (TPSA) is 81.4 Å². The molecule has 1 fully saturated rings. The highest BCUT2D eigenvalue weighted by Crippen LogP contribution is 2.26. The van der Waals surface area contributed by atoms with Crippen LogP contribution in [0.25, 0.3) is 10.9 Å². The molecule has 4 rings (SSSR count). The first kappa shape index (κ1) is 22.1. The normalized spacial score (nSPS) is 16.5. The van der Waals surface area contributed by atoms with Crippen molar-refractivity contribution >= 4 is 22.7 Å². The van der Waals surface area contributed by atoms with Crippen molar-refractivity contribution in [2.24, 2.45) is 7.05 Å². The number of aryl methyl sites for hydroxylation is 4. The van der Waals surface area contributed by atoms with E-state index in [2.05, 4.69) is 33.3 Å². The zero-order chi connectivity index (χ0) is 22.8. The van der Waals surface area contributed by atoms with Gasteiger partial charge in [-0.3, -0.25) is 9.59 Å². The highest BCUT2D eigenvalue weighted by atomic mass is 16.5. The SMILES string of the molecule is Cc1c(C)n(C)c2ccc(C(=O)N3CCOC(C(=O)NCCCn4ccnc4C)C3)cc12. The van der Waals surface area contributed by atoms with Crippen LogP contribution in [-0.2, 0) is 23.1 Å². The van der Waals surface area contributed by atoms with Gasteiger partial charge in [0.05, 0.1) is 13.2 Å². The van der Waals surface area contributed by atoms with E-state index in [1.165, 1.54) is 11.3 Å². The monoisotopic (exact) mass is 437 g/mol. The highest BCUT2D eigenvalue weighted by molar-refractivity contribution is 5.99. The van der Waals surface area contributed by atoms with Crippen LogP contribution in [-0.4, -0.2) is 63.2 Å². The predicted octanol–water partition coefficient (Wildman–Crippen LogP) is 2.35. The van der Waals surface area contributed by atoms with Gasteiger partial charge in [0, 0.05) is 61.2 Å². The third-order valence-corrected chi connectivity index (χ3v) is 6.50. The van der Waals surface area contributed by atoms with E-state index < -0.39 is 6.10 Å². The van der Waals surface area contributed by atoms with Gasteiger partial charge in [-0.2, -0.15) is 0 Å². The summed E-state index contributed by atoms with van der Waals surface area (Å²) in [4.78, 5) is 31.7. The third-order valence-electron chi connectivity index (χ3n) is 6.50. The van der Waals surface area contributed by atoms with E-state index in [1.54, 1.807) is 11.1 Å². The Balaban J connectivity index is 1.35. The molecule has 0 saturated carbocycles. The quantitative estimate of drug-likeness (QED) is 0.600. The molecule has 0 spiro atoms. The van der Waals surface area contributed by atoms with Gasteiger partial charge in [0.2, 0.25) is 0 Å². The van der Waals surface area contributed by atoms with Crippen molar-refractivity contribution in [2.45, 2.75) is 39.8 Å². The molecule has 1 aliphatic heterocycles. The maximum Gasteiger partial charge on any atom is 0.254 e. The van der Waals surface area contributed by atoms with Gasteiger partial charge in [-0.25, -0.2) is 4.98 Å². The molecule has 2 aromatic heterocycles. The molecule has 1 atom stereocenters. The number of carbonyl (C=O) groups excluding carboxylic acids is 2. The standard InChI is InChI=1S/C24H31N5O3/c1-16-17(2)27(4)21-7-6-19(14-20(16)21)24(31)29-12-13-32-22(15-29)23(30)26-8-5-10-28-11-9-25-18(28)3/h6-7,9,11,14,22H,5,8,10,12-13,15H2,1-4H3,(H,26,30). The van der Waals surface area contributed by atoms with Crippen molar-refractivity contribution in [3.63, 3.8) is 0 Å². The number of ether oxygens (including phenoxy) is 1. The van der Waals surface area contributed by atoms with Gasteiger partial charge >= 0.3 is 0 Å². The Labute approximate surface area is 188 Å². The summed E-state index contributed by atoms with van der Waals surface area (Å²) < 4.78 is 9.86. The number of imidazole rings is 1. The summed E-state index contributed by atoms with van der Waals surface area (Å²) >= 11 is 0. The van der Waals surface area contributed by atoms with Crippen molar-refractivity contribution in [1.82, 2.24) is 24.3 Å². The molecule has 3 aromatic rings. The molecule has 8 heteroatoms. The lowest BCUT2D eigenvalue weighted by atomic mass is 10.1. The van der Waals surface area contributed by atoms with E-state index in [-0.39, 0.29) is 18.4 Å². The van der Waals surface area contributed by atoms with Crippen LogP contribution in [0, 0.1) is 20.8 Å². The average Bonchev–Trinajstić information content (AvgIpc) is 3.32. The second kappa shape index (κ2) is 9.16. The fourth-order valence-electron chi connectivity index (χ4n) is 4.28. The van der Waals surface area contributed by atoms with Crippen LogP contribution in [0.5, 0.6) is 0 Å². The number of fused-ring (bicyclic) bond motifs is 1. The first-order valence-corrected chi connectivity index (χ1v) is 11.1. The van der Waals surface area contributed by atoms with Gasteiger partial charge in [0.25, 0.3) is 11.8 Å². The van der Waals surface area contributed by atoms with Gasteiger partial charge in [0.1, 0.15) is 5.82 Å². The summed E-state index contributed by atoms with van der Waals surface area (Å²) in [5.41, 5.74) is 4.13. The minimum Gasteiger partial charge on any atom is -0.365 e. The number of nitrogens with zero attached hydrogens (tertiary/aromatic N) is 4. The van der Waals surface area contributed by atoms with E-state index >= 15 is 0 Å². The van der Waals surface area contributed by atoms with Crippen molar-refractivity contribution in [2.75, 3.05) is 26.2 Å². The Morgan fingerprint density at radius 2 is 2.06 bits per heavy atom. The number of benzene rings is 1. The molecule has 32 heavy (non-hydrogen) atoms. The highest BCUT2D eigenvalue weighted by Gasteiger charge is 2.29. The van der Waals surface area contributed by atoms with Crippen LogP contribution >= 0.6 is 0 Å². The summed E-state index contributed by atoms with van der Waals surface area (Å²) in [6, 6.07) is 5.82. The molecule has 2 amide bonds. The Morgan fingerprint density at radius 1 is 1.25 bits per heavy atom. The van der Waals surface area contributed by atoms with Crippen LogP contribution in [0.4, 0.5) is 0 Å². The van der Waals surface area contributed by atoms with Crippen LogP contribution in [0.1, 0.15) is 33.9 Å². The third kappa shape index (κ3) is 4.27. The van der Waals surface area contributed by atoms with Crippen molar-refractivity contribution in [3.8, 4) is 0 Å². The number of morpholine rings is 1.